The van der Waals surface area contributed by atoms with Crippen LogP contribution in [0.2, 0.25) is 0 Å². The van der Waals surface area contributed by atoms with Gasteiger partial charge in [-0.25, -0.2) is 0 Å². The largest absolute Gasteiger partial charge is 0.373 e. The zero-order valence-corrected chi connectivity index (χ0v) is 10.7. The SMILES string of the molecule is CC(C)(C)CC1CC(OC(C)(C)C)C1. The maximum absolute atomic E-state index is 5.92. The van der Waals surface area contributed by atoms with Crippen LogP contribution in [0.1, 0.15) is 60.8 Å². The van der Waals surface area contributed by atoms with E-state index in [-0.39, 0.29) is 5.60 Å². The third kappa shape index (κ3) is 4.45. The topological polar surface area (TPSA) is 9.23 Å². The van der Waals surface area contributed by atoms with Gasteiger partial charge in [-0.15, -0.1) is 0 Å². The van der Waals surface area contributed by atoms with Crippen molar-refractivity contribution in [3.8, 4) is 0 Å². The van der Waals surface area contributed by atoms with Gasteiger partial charge >= 0.3 is 0 Å². The summed E-state index contributed by atoms with van der Waals surface area (Å²) in [5.74, 6) is 0.905. The quantitative estimate of drug-likeness (QED) is 0.651. The van der Waals surface area contributed by atoms with Gasteiger partial charge in [0, 0.05) is 0 Å². The highest BCUT2D eigenvalue weighted by atomic mass is 16.5. The Bertz CT molecular complexity index is 156. The van der Waals surface area contributed by atoms with Crippen LogP contribution in [0.4, 0.5) is 0 Å². The number of ether oxygens (including phenoxy) is 1. The molecule has 0 N–H and O–H groups in total. The highest BCUT2D eigenvalue weighted by Crippen LogP contribution is 2.40. The molecule has 0 aliphatic heterocycles. The lowest BCUT2D eigenvalue weighted by Gasteiger charge is -2.41. The van der Waals surface area contributed by atoms with E-state index in [1.54, 1.807) is 0 Å². The minimum Gasteiger partial charge on any atom is -0.373 e. The van der Waals surface area contributed by atoms with Gasteiger partial charge in [0.05, 0.1) is 11.7 Å². The van der Waals surface area contributed by atoms with Gasteiger partial charge in [0.15, 0.2) is 0 Å². The summed E-state index contributed by atoms with van der Waals surface area (Å²) in [5.41, 5.74) is 0.523. The van der Waals surface area contributed by atoms with Gasteiger partial charge in [-0.05, 0) is 51.4 Å². The van der Waals surface area contributed by atoms with Crippen LogP contribution in [0.25, 0.3) is 0 Å². The summed E-state index contributed by atoms with van der Waals surface area (Å²) in [6.07, 6.45) is 4.42. The highest BCUT2D eigenvalue weighted by Gasteiger charge is 2.34. The minimum absolute atomic E-state index is 0.0391. The normalized spacial score (nSPS) is 28.7. The molecule has 1 heteroatoms. The Kier molecular flexibility index (Phi) is 3.30. The van der Waals surface area contributed by atoms with E-state index in [9.17, 15) is 0 Å². The smallest absolute Gasteiger partial charge is 0.0602 e. The lowest BCUT2D eigenvalue weighted by atomic mass is 9.72. The fourth-order valence-electron chi connectivity index (χ4n) is 2.30. The molecule has 1 fully saturated rings. The maximum Gasteiger partial charge on any atom is 0.0602 e. The first-order valence-electron chi connectivity index (χ1n) is 5.83. The molecule has 14 heavy (non-hydrogen) atoms. The van der Waals surface area contributed by atoms with Crippen LogP contribution in [-0.2, 0) is 4.74 Å². The van der Waals surface area contributed by atoms with Crippen molar-refractivity contribution in [3.05, 3.63) is 0 Å². The Balaban J connectivity index is 2.18. The molecule has 0 aromatic heterocycles. The van der Waals surface area contributed by atoms with Crippen LogP contribution in [0, 0.1) is 11.3 Å². The van der Waals surface area contributed by atoms with Crippen molar-refractivity contribution in [2.24, 2.45) is 11.3 Å². The molecule has 0 amide bonds. The highest BCUT2D eigenvalue weighted by molar-refractivity contribution is 4.85. The van der Waals surface area contributed by atoms with Crippen molar-refractivity contribution in [2.75, 3.05) is 0 Å². The van der Waals surface area contributed by atoms with Gasteiger partial charge in [0.1, 0.15) is 0 Å². The standard InChI is InChI=1S/C13H26O/c1-12(2,3)9-10-7-11(8-10)14-13(4,5)6/h10-11H,7-9H2,1-6H3. The molecule has 1 aliphatic carbocycles. The van der Waals surface area contributed by atoms with Crippen LogP contribution in [-0.4, -0.2) is 11.7 Å². The van der Waals surface area contributed by atoms with Crippen molar-refractivity contribution >= 4 is 0 Å². The average Bonchev–Trinajstić information content (AvgIpc) is 1.75. The van der Waals surface area contributed by atoms with Gasteiger partial charge in [-0.3, -0.25) is 0 Å². The Hall–Kier alpha value is -0.0400. The lowest BCUT2D eigenvalue weighted by molar-refractivity contribution is -0.116. The molecule has 0 spiro atoms. The summed E-state index contributed by atoms with van der Waals surface area (Å²) in [5, 5.41) is 0. The molecule has 0 radical (unpaired) electrons. The van der Waals surface area contributed by atoms with Crippen LogP contribution in [0.5, 0.6) is 0 Å². The van der Waals surface area contributed by atoms with E-state index < -0.39 is 0 Å². The second-order valence-corrected chi connectivity index (χ2v) is 6.95. The van der Waals surface area contributed by atoms with Crippen LogP contribution in [0.15, 0.2) is 0 Å². The van der Waals surface area contributed by atoms with Gasteiger partial charge in [-0.1, -0.05) is 20.8 Å². The van der Waals surface area contributed by atoms with Gasteiger partial charge in [0.25, 0.3) is 0 Å². The molecule has 1 aliphatic rings. The van der Waals surface area contributed by atoms with Crippen LogP contribution in [0.3, 0.4) is 0 Å². The summed E-state index contributed by atoms with van der Waals surface area (Å²) in [4.78, 5) is 0. The third-order valence-corrected chi connectivity index (χ3v) is 2.61. The molecule has 0 unspecified atom stereocenters. The van der Waals surface area contributed by atoms with Gasteiger partial charge in [0.2, 0.25) is 0 Å². The molecule has 1 nitrogen and oxygen atoms in total. The van der Waals surface area contributed by atoms with Crippen molar-refractivity contribution in [1.29, 1.82) is 0 Å². The minimum atomic E-state index is 0.0391. The molecule has 0 heterocycles. The van der Waals surface area contributed by atoms with Crippen molar-refractivity contribution in [3.63, 3.8) is 0 Å². The first-order chi connectivity index (χ1) is 6.16. The second kappa shape index (κ2) is 3.84. The van der Waals surface area contributed by atoms with Crippen molar-refractivity contribution in [1.82, 2.24) is 0 Å². The predicted octanol–water partition coefficient (Wildman–Crippen LogP) is 4.02. The zero-order valence-electron chi connectivity index (χ0n) is 10.7. The molecule has 1 rings (SSSR count). The number of rotatable bonds is 2. The predicted molar refractivity (Wildman–Crippen MR) is 61.4 cm³/mol. The Labute approximate surface area is 89.2 Å². The van der Waals surface area contributed by atoms with E-state index in [2.05, 4.69) is 41.5 Å². The third-order valence-electron chi connectivity index (χ3n) is 2.61. The lowest BCUT2D eigenvalue weighted by Crippen LogP contribution is -2.38. The van der Waals surface area contributed by atoms with E-state index >= 15 is 0 Å². The molecule has 84 valence electrons. The molecule has 0 aromatic carbocycles. The van der Waals surface area contributed by atoms with Crippen molar-refractivity contribution in [2.45, 2.75) is 72.5 Å². The summed E-state index contributed by atoms with van der Waals surface area (Å²) in [6, 6.07) is 0. The summed E-state index contributed by atoms with van der Waals surface area (Å²) >= 11 is 0. The number of hydrogen-bond acceptors (Lipinski definition) is 1. The molecular weight excluding hydrogens is 172 g/mol. The zero-order chi connectivity index (χ0) is 11.0. The molecule has 0 aromatic rings. The first-order valence-corrected chi connectivity index (χ1v) is 5.83. The first kappa shape index (κ1) is 12.0. The van der Waals surface area contributed by atoms with E-state index in [1.807, 2.05) is 0 Å². The van der Waals surface area contributed by atoms with Gasteiger partial charge < -0.3 is 4.74 Å². The van der Waals surface area contributed by atoms with Gasteiger partial charge in [-0.2, -0.15) is 0 Å². The molecule has 1 saturated carbocycles. The fraction of sp³-hybridized carbons (Fsp3) is 1.00. The van der Waals surface area contributed by atoms with E-state index in [4.69, 9.17) is 4.74 Å². The molecule has 0 saturated heterocycles. The average molecular weight is 198 g/mol. The van der Waals surface area contributed by atoms with Crippen molar-refractivity contribution < 1.29 is 4.74 Å². The molecular formula is C13H26O. The van der Waals surface area contributed by atoms with E-state index in [1.165, 1.54) is 19.3 Å². The fourth-order valence-corrected chi connectivity index (χ4v) is 2.30. The molecule has 0 bridgehead atoms. The summed E-state index contributed by atoms with van der Waals surface area (Å²) in [6.45, 7) is 13.4. The van der Waals surface area contributed by atoms with Crippen LogP contribution < -0.4 is 0 Å². The van der Waals surface area contributed by atoms with E-state index in [0.717, 1.165) is 5.92 Å². The summed E-state index contributed by atoms with van der Waals surface area (Å²) in [7, 11) is 0. The van der Waals surface area contributed by atoms with E-state index in [0.29, 0.717) is 11.5 Å². The Morgan fingerprint density at radius 2 is 1.50 bits per heavy atom. The Morgan fingerprint density at radius 3 is 1.86 bits per heavy atom. The summed E-state index contributed by atoms with van der Waals surface area (Å²) < 4.78 is 5.92. The Morgan fingerprint density at radius 1 is 1.00 bits per heavy atom. The maximum atomic E-state index is 5.92. The second-order valence-electron chi connectivity index (χ2n) is 6.95. The van der Waals surface area contributed by atoms with Crippen LogP contribution >= 0.6 is 0 Å². The number of hydrogen-bond donors (Lipinski definition) is 0. The monoisotopic (exact) mass is 198 g/mol. The molecule has 0 atom stereocenters.